The lowest BCUT2D eigenvalue weighted by atomic mass is 9.99. The summed E-state index contributed by atoms with van der Waals surface area (Å²) in [5.74, 6) is -0.601. The average Bonchev–Trinajstić information content (AvgIpc) is 2.64. The molecule has 0 aliphatic carbocycles. The summed E-state index contributed by atoms with van der Waals surface area (Å²) in [4.78, 5) is 23.4. The largest absolute Gasteiger partial charge is 0.458 e. The molecule has 0 fully saturated rings. The third-order valence-corrected chi connectivity index (χ3v) is 3.87. The summed E-state index contributed by atoms with van der Waals surface area (Å²) in [5, 5.41) is 0.445. The molecule has 0 aliphatic heterocycles. The Morgan fingerprint density at radius 2 is 1.85 bits per heavy atom. The van der Waals surface area contributed by atoms with Gasteiger partial charge in [0.15, 0.2) is 0 Å². The van der Waals surface area contributed by atoms with E-state index in [-0.39, 0.29) is 23.3 Å². The van der Waals surface area contributed by atoms with Crippen LogP contribution in [0.5, 0.6) is 0 Å². The van der Waals surface area contributed by atoms with Crippen molar-refractivity contribution in [3.8, 4) is 11.1 Å². The summed E-state index contributed by atoms with van der Waals surface area (Å²) in [6.07, 6.45) is -3.58. The predicted molar refractivity (Wildman–Crippen MR) is 92.9 cm³/mol. The van der Waals surface area contributed by atoms with Crippen LogP contribution in [0.15, 0.2) is 70.4 Å². The predicted octanol–water partition coefficient (Wildman–Crippen LogP) is 4.71. The summed E-state index contributed by atoms with van der Waals surface area (Å²) < 4.78 is 49.8. The van der Waals surface area contributed by atoms with Gasteiger partial charge in [0, 0.05) is 17.0 Å². The van der Waals surface area contributed by atoms with Crippen LogP contribution >= 0.6 is 0 Å². The Kier molecular flexibility index (Phi) is 4.85. The van der Waals surface area contributed by atoms with Crippen molar-refractivity contribution in [3.63, 3.8) is 0 Å². The minimum atomic E-state index is -4.60. The van der Waals surface area contributed by atoms with E-state index in [0.29, 0.717) is 10.9 Å². The molecular weight excluding hydrogens is 361 g/mol. The third kappa shape index (κ3) is 3.92. The molecule has 2 aromatic carbocycles. The first-order valence-corrected chi connectivity index (χ1v) is 7.82. The maximum Gasteiger partial charge on any atom is 0.417 e. The number of alkyl halides is 3. The van der Waals surface area contributed by atoms with Gasteiger partial charge in [-0.1, -0.05) is 36.9 Å². The van der Waals surface area contributed by atoms with E-state index in [1.165, 1.54) is 30.3 Å². The molecule has 3 aromatic rings. The van der Waals surface area contributed by atoms with Gasteiger partial charge in [0.05, 0.1) is 11.1 Å². The Hall–Kier alpha value is -3.35. The van der Waals surface area contributed by atoms with Crippen LogP contribution < -0.4 is 5.63 Å². The SMILES string of the molecule is C=CC(=O)OCc1ccc2cc(-c3ccccc3C(F)(F)F)c(=O)oc2c1. The molecule has 0 N–H and O–H groups in total. The number of esters is 1. The van der Waals surface area contributed by atoms with Crippen LogP contribution in [-0.4, -0.2) is 5.97 Å². The number of rotatable bonds is 4. The summed E-state index contributed by atoms with van der Waals surface area (Å²) >= 11 is 0. The van der Waals surface area contributed by atoms with Gasteiger partial charge >= 0.3 is 17.8 Å². The number of ether oxygens (including phenoxy) is 1. The Morgan fingerprint density at radius 3 is 2.56 bits per heavy atom. The van der Waals surface area contributed by atoms with Crippen molar-refractivity contribution < 1.29 is 27.1 Å². The van der Waals surface area contributed by atoms with Gasteiger partial charge in [-0.2, -0.15) is 13.2 Å². The van der Waals surface area contributed by atoms with Crippen molar-refractivity contribution in [2.24, 2.45) is 0 Å². The molecule has 0 radical (unpaired) electrons. The van der Waals surface area contributed by atoms with Crippen LogP contribution in [0, 0.1) is 0 Å². The van der Waals surface area contributed by atoms with Gasteiger partial charge in [0.2, 0.25) is 0 Å². The van der Waals surface area contributed by atoms with Crippen LogP contribution in [0.25, 0.3) is 22.1 Å². The van der Waals surface area contributed by atoms with Gasteiger partial charge in [0.1, 0.15) is 12.2 Å². The fraction of sp³-hybridized carbons (Fsp3) is 0.100. The summed E-state index contributed by atoms with van der Waals surface area (Å²) in [6, 6.07) is 10.9. The first-order chi connectivity index (χ1) is 12.8. The zero-order valence-electron chi connectivity index (χ0n) is 13.9. The molecular formula is C20H13F3O4. The molecule has 27 heavy (non-hydrogen) atoms. The lowest BCUT2D eigenvalue weighted by Gasteiger charge is -2.12. The monoisotopic (exact) mass is 374 g/mol. The van der Waals surface area contributed by atoms with E-state index >= 15 is 0 Å². The molecule has 0 spiro atoms. The standard InChI is InChI=1S/C20H13F3O4/c1-2-18(24)26-11-12-7-8-13-10-15(19(25)27-17(13)9-12)14-5-3-4-6-16(14)20(21,22)23/h2-10H,1,11H2. The van der Waals surface area contributed by atoms with Gasteiger partial charge < -0.3 is 9.15 Å². The van der Waals surface area contributed by atoms with E-state index in [1.54, 1.807) is 12.1 Å². The lowest BCUT2D eigenvalue weighted by Crippen LogP contribution is -2.11. The number of hydrogen-bond donors (Lipinski definition) is 0. The molecule has 3 rings (SSSR count). The third-order valence-electron chi connectivity index (χ3n) is 3.87. The molecule has 0 amide bonds. The number of hydrogen-bond acceptors (Lipinski definition) is 4. The van der Waals surface area contributed by atoms with Crippen LogP contribution in [0.3, 0.4) is 0 Å². The summed E-state index contributed by atoms with van der Waals surface area (Å²) in [5.41, 5.74) is -1.49. The molecule has 138 valence electrons. The van der Waals surface area contributed by atoms with E-state index in [9.17, 15) is 22.8 Å². The quantitative estimate of drug-likeness (QED) is 0.377. The topological polar surface area (TPSA) is 56.5 Å². The normalized spacial score (nSPS) is 11.4. The molecule has 0 saturated heterocycles. The highest BCUT2D eigenvalue weighted by Gasteiger charge is 2.34. The molecule has 1 heterocycles. The second-order valence-corrected chi connectivity index (χ2v) is 5.67. The van der Waals surface area contributed by atoms with Crippen molar-refractivity contribution in [2.75, 3.05) is 0 Å². The molecule has 0 aliphatic rings. The Labute approximate surface area is 151 Å². The van der Waals surface area contributed by atoms with Gasteiger partial charge in [0.25, 0.3) is 0 Å². The van der Waals surface area contributed by atoms with Crippen LogP contribution in [0.4, 0.5) is 13.2 Å². The Balaban J connectivity index is 2.05. The fourth-order valence-electron chi connectivity index (χ4n) is 2.61. The molecule has 0 atom stereocenters. The van der Waals surface area contributed by atoms with E-state index in [1.807, 2.05) is 0 Å². The average molecular weight is 374 g/mol. The second kappa shape index (κ2) is 7.11. The maximum atomic E-state index is 13.2. The highest BCUT2D eigenvalue weighted by atomic mass is 19.4. The van der Waals surface area contributed by atoms with E-state index in [0.717, 1.165) is 12.1 Å². The number of halogens is 3. The summed E-state index contributed by atoms with van der Waals surface area (Å²) in [6.45, 7) is 3.23. The fourth-order valence-corrected chi connectivity index (χ4v) is 2.61. The highest BCUT2D eigenvalue weighted by Crippen LogP contribution is 2.36. The molecule has 0 bridgehead atoms. The molecule has 7 heteroatoms. The molecule has 4 nitrogen and oxygen atoms in total. The van der Waals surface area contributed by atoms with Crippen LogP contribution in [0.2, 0.25) is 0 Å². The van der Waals surface area contributed by atoms with Crippen molar-refractivity contribution >= 4 is 16.9 Å². The smallest absolute Gasteiger partial charge is 0.417 e. The zero-order chi connectivity index (χ0) is 19.6. The van der Waals surface area contributed by atoms with Gasteiger partial charge in [-0.3, -0.25) is 0 Å². The number of fused-ring (bicyclic) bond motifs is 1. The van der Waals surface area contributed by atoms with Crippen molar-refractivity contribution in [2.45, 2.75) is 12.8 Å². The van der Waals surface area contributed by atoms with Gasteiger partial charge in [-0.05, 0) is 23.8 Å². The minimum absolute atomic E-state index is 0.0524. The number of carbonyl (C=O) groups is 1. The van der Waals surface area contributed by atoms with Gasteiger partial charge in [-0.25, -0.2) is 9.59 Å². The van der Waals surface area contributed by atoms with E-state index in [2.05, 4.69) is 6.58 Å². The first-order valence-electron chi connectivity index (χ1n) is 7.82. The minimum Gasteiger partial charge on any atom is -0.458 e. The van der Waals surface area contributed by atoms with Crippen LogP contribution in [0.1, 0.15) is 11.1 Å². The van der Waals surface area contributed by atoms with Crippen molar-refractivity contribution in [3.05, 3.63) is 82.7 Å². The molecule has 0 saturated carbocycles. The highest BCUT2D eigenvalue weighted by molar-refractivity contribution is 5.83. The van der Waals surface area contributed by atoms with Crippen molar-refractivity contribution in [1.82, 2.24) is 0 Å². The Bertz CT molecular complexity index is 1080. The van der Waals surface area contributed by atoms with E-state index < -0.39 is 23.3 Å². The zero-order valence-corrected chi connectivity index (χ0v) is 13.9. The maximum absolute atomic E-state index is 13.2. The van der Waals surface area contributed by atoms with E-state index in [4.69, 9.17) is 9.15 Å². The molecule has 1 aromatic heterocycles. The number of benzene rings is 2. The van der Waals surface area contributed by atoms with Gasteiger partial charge in [-0.15, -0.1) is 0 Å². The number of carbonyl (C=O) groups excluding carboxylic acids is 1. The molecule has 0 unspecified atom stereocenters. The van der Waals surface area contributed by atoms with Crippen LogP contribution in [-0.2, 0) is 22.3 Å². The summed E-state index contributed by atoms with van der Waals surface area (Å²) in [7, 11) is 0. The first kappa shape index (κ1) is 18.4. The lowest BCUT2D eigenvalue weighted by molar-refractivity contribution is -0.139. The van der Waals surface area contributed by atoms with Crippen molar-refractivity contribution in [1.29, 1.82) is 0 Å². The Morgan fingerprint density at radius 1 is 1.11 bits per heavy atom. The second-order valence-electron chi connectivity index (χ2n) is 5.67.